The van der Waals surface area contributed by atoms with Crippen LogP contribution in [0.15, 0.2) is 65.1 Å². The van der Waals surface area contributed by atoms with E-state index in [-0.39, 0.29) is 5.91 Å². The molecule has 0 spiro atoms. The summed E-state index contributed by atoms with van der Waals surface area (Å²) in [5.41, 5.74) is 2.94. The van der Waals surface area contributed by atoms with Gasteiger partial charge in [0.25, 0.3) is 5.91 Å². The van der Waals surface area contributed by atoms with Crippen LogP contribution in [0.3, 0.4) is 0 Å². The minimum Gasteiger partial charge on any atom is -0.494 e. The van der Waals surface area contributed by atoms with Gasteiger partial charge in [-0.3, -0.25) is 4.79 Å². The standard InChI is InChI=1S/C24H20Cl2N2O3/c1-2-3-12-30-18-8-4-15(5-9-18)23(29)27-20-13-16(6-10-19(20)26)24-28-21-14-17(25)7-11-22(21)31-24/h4-11,13-14H,2-3,12H2,1H3,(H,27,29). The predicted octanol–water partition coefficient (Wildman–Crippen LogP) is 7.23. The van der Waals surface area contributed by atoms with Gasteiger partial charge in [-0.15, -0.1) is 0 Å². The number of fused-ring (bicyclic) bond motifs is 1. The number of hydrogen-bond donors (Lipinski definition) is 1. The highest BCUT2D eigenvalue weighted by atomic mass is 35.5. The van der Waals surface area contributed by atoms with Crippen LogP contribution in [0.25, 0.3) is 22.6 Å². The van der Waals surface area contributed by atoms with E-state index < -0.39 is 0 Å². The van der Waals surface area contributed by atoms with E-state index in [1.807, 2.05) is 0 Å². The molecule has 1 N–H and O–H groups in total. The van der Waals surface area contributed by atoms with Crippen LogP contribution in [0.5, 0.6) is 5.75 Å². The predicted molar refractivity (Wildman–Crippen MR) is 124 cm³/mol. The van der Waals surface area contributed by atoms with Crippen LogP contribution in [-0.2, 0) is 0 Å². The van der Waals surface area contributed by atoms with E-state index in [2.05, 4.69) is 17.2 Å². The second-order valence-electron chi connectivity index (χ2n) is 7.01. The molecule has 0 aliphatic carbocycles. The Hall–Kier alpha value is -3.02. The second kappa shape index (κ2) is 9.41. The maximum atomic E-state index is 12.7. The molecule has 31 heavy (non-hydrogen) atoms. The zero-order chi connectivity index (χ0) is 21.8. The summed E-state index contributed by atoms with van der Waals surface area (Å²) in [7, 11) is 0. The third-order valence-electron chi connectivity index (χ3n) is 4.69. The van der Waals surface area contributed by atoms with Crippen molar-refractivity contribution in [1.82, 2.24) is 4.98 Å². The van der Waals surface area contributed by atoms with Gasteiger partial charge in [0.1, 0.15) is 11.3 Å². The quantitative estimate of drug-likeness (QED) is 0.299. The lowest BCUT2D eigenvalue weighted by molar-refractivity contribution is 0.102. The normalized spacial score (nSPS) is 10.9. The number of ether oxygens (including phenoxy) is 1. The highest BCUT2D eigenvalue weighted by molar-refractivity contribution is 6.34. The van der Waals surface area contributed by atoms with Crippen LogP contribution in [0.1, 0.15) is 30.1 Å². The minimum absolute atomic E-state index is 0.275. The number of benzene rings is 3. The number of nitrogens with one attached hydrogen (secondary N) is 1. The number of carbonyl (C=O) groups excluding carboxylic acids is 1. The average Bonchev–Trinajstić information content (AvgIpc) is 3.19. The van der Waals surface area contributed by atoms with Gasteiger partial charge in [-0.2, -0.15) is 0 Å². The van der Waals surface area contributed by atoms with Crippen molar-refractivity contribution >= 4 is 45.9 Å². The molecular formula is C24H20Cl2N2O3. The van der Waals surface area contributed by atoms with E-state index in [4.69, 9.17) is 32.4 Å². The molecule has 0 aliphatic heterocycles. The zero-order valence-electron chi connectivity index (χ0n) is 16.8. The van der Waals surface area contributed by atoms with Gasteiger partial charge in [0.05, 0.1) is 17.3 Å². The van der Waals surface area contributed by atoms with Crippen LogP contribution in [0.4, 0.5) is 5.69 Å². The third-order valence-corrected chi connectivity index (χ3v) is 5.26. The number of amides is 1. The first-order valence-electron chi connectivity index (χ1n) is 9.93. The molecule has 0 atom stereocenters. The number of aromatic nitrogens is 1. The molecule has 0 bridgehead atoms. The van der Waals surface area contributed by atoms with Crippen LogP contribution in [-0.4, -0.2) is 17.5 Å². The molecule has 0 radical (unpaired) electrons. The van der Waals surface area contributed by atoms with Gasteiger partial charge < -0.3 is 14.5 Å². The summed E-state index contributed by atoms with van der Waals surface area (Å²) in [6.07, 6.45) is 2.06. The Morgan fingerprint density at radius 1 is 1.06 bits per heavy atom. The lowest BCUT2D eigenvalue weighted by Gasteiger charge is -2.10. The van der Waals surface area contributed by atoms with E-state index in [1.54, 1.807) is 60.7 Å². The summed E-state index contributed by atoms with van der Waals surface area (Å²) in [5, 5.41) is 3.84. The monoisotopic (exact) mass is 454 g/mol. The second-order valence-corrected chi connectivity index (χ2v) is 7.85. The van der Waals surface area contributed by atoms with Crippen molar-refractivity contribution in [3.8, 4) is 17.2 Å². The van der Waals surface area contributed by atoms with Crippen molar-refractivity contribution in [2.75, 3.05) is 11.9 Å². The summed E-state index contributed by atoms with van der Waals surface area (Å²) in [6, 6.07) is 17.5. The Morgan fingerprint density at radius 3 is 2.65 bits per heavy atom. The first-order chi connectivity index (χ1) is 15.0. The first kappa shape index (κ1) is 21.2. The molecule has 0 aliphatic rings. The Kier molecular flexibility index (Phi) is 6.44. The van der Waals surface area contributed by atoms with Crippen LogP contribution >= 0.6 is 23.2 Å². The van der Waals surface area contributed by atoms with Gasteiger partial charge in [-0.05, 0) is 67.1 Å². The van der Waals surface area contributed by atoms with E-state index in [0.717, 1.165) is 18.6 Å². The van der Waals surface area contributed by atoms with Crippen molar-refractivity contribution in [2.45, 2.75) is 19.8 Å². The zero-order valence-corrected chi connectivity index (χ0v) is 18.3. The molecule has 5 nitrogen and oxygen atoms in total. The van der Waals surface area contributed by atoms with E-state index in [9.17, 15) is 4.79 Å². The SMILES string of the molecule is CCCCOc1ccc(C(=O)Nc2cc(-c3nc4cc(Cl)ccc4o3)ccc2Cl)cc1. The Morgan fingerprint density at radius 2 is 1.87 bits per heavy atom. The maximum absolute atomic E-state index is 12.7. The van der Waals surface area contributed by atoms with Crippen molar-refractivity contribution in [1.29, 1.82) is 0 Å². The molecule has 7 heteroatoms. The van der Waals surface area contributed by atoms with Gasteiger partial charge in [0.2, 0.25) is 5.89 Å². The third kappa shape index (κ3) is 5.01. The molecule has 0 saturated heterocycles. The summed E-state index contributed by atoms with van der Waals surface area (Å²) in [5.74, 6) is 0.877. The molecule has 3 aromatic carbocycles. The largest absolute Gasteiger partial charge is 0.494 e. The summed E-state index contributed by atoms with van der Waals surface area (Å²) < 4.78 is 11.4. The van der Waals surface area contributed by atoms with Crippen molar-refractivity contribution < 1.29 is 13.9 Å². The summed E-state index contributed by atoms with van der Waals surface area (Å²) >= 11 is 12.3. The molecule has 0 unspecified atom stereocenters. The average molecular weight is 455 g/mol. The molecule has 1 aromatic heterocycles. The molecule has 0 saturated carbocycles. The van der Waals surface area contributed by atoms with Crippen LogP contribution in [0, 0.1) is 0 Å². The molecule has 1 amide bonds. The number of oxazole rings is 1. The van der Waals surface area contributed by atoms with Crippen LogP contribution < -0.4 is 10.1 Å². The molecule has 1 heterocycles. The van der Waals surface area contributed by atoms with Crippen molar-refractivity contribution in [3.05, 3.63) is 76.3 Å². The lowest BCUT2D eigenvalue weighted by atomic mass is 10.1. The molecular weight excluding hydrogens is 435 g/mol. The highest BCUT2D eigenvalue weighted by Gasteiger charge is 2.13. The number of anilines is 1. The van der Waals surface area contributed by atoms with Gasteiger partial charge >= 0.3 is 0 Å². The number of halogens is 2. The fourth-order valence-corrected chi connectivity index (χ4v) is 3.34. The van der Waals surface area contributed by atoms with Gasteiger partial charge in [-0.25, -0.2) is 4.98 Å². The van der Waals surface area contributed by atoms with Crippen molar-refractivity contribution in [2.24, 2.45) is 0 Å². The fourth-order valence-electron chi connectivity index (χ4n) is 3.01. The van der Waals surface area contributed by atoms with E-state index in [0.29, 0.717) is 50.5 Å². The van der Waals surface area contributed by atoms with Crippen LogP contribution in [0.2, 0.25) is 10.0 Å². The van der Waals surface area contributed by atoms with Crippen molar-refractivity contribution in [3.63, 3.8) is 0 Å². The fraction of sp³-hybridized carbons (Fsp3) is 0.167. The van der Waals surface area contributed by atoms with Gasteiger partial charge in [0, 0.05) is 16.1 Å². The van der Waals surface area contributed by atoms with Gasteiger partial charge in [0.15, 0.2) is 5.58 Å². The highest BCUT2D eigenvalue weighted by Crippen LogP contribution is 2.31. The number of unbranched alkanes of at least 4 members (excludes halogenated alkanes) is 1. The lowest BCUT2D eigenvalue weighted by Crippen LogP contribution is -2.12. The number of nitrogens with zero attached hydrogens (tertiary/aromatic N) is 1. The number of hydrogen-bond acceptors (Lipinski definition) is 4. The Labute approximate surface area is 189 Å². The van der Waals surface area contributed by atoms with Gasteiger partial charge in [-0.1, -0.05) is 36.5 Å². The topological polar surface area (TPSA) is 64.4 Å². The van der Waals surface area contributed by atoms with E-state index >= 15 is 0 Å². The first-order valence-corrected chi connectivity index (χ1v) is 10.7. The molecule has 4 rings (SSSR count). The van der Waals surface area contributed by atoms with E-state index in [1.165, 1.54) is 0 Å². The minimum atomic E-state index is -0.275. The Balaban J connectivity index is 1.52. The molecule has 4 aromatic rings. The smallest absolute Gasteiger partial charge is 0.255 e. The number of rotatable bonds is 7. The maximum Gasteiger partial charge on any atom is 0.255 e. The number of carbonyl (C=O) groups is 1. The molecule has 0 fully saturated rings. The molecule has 158 valence electrons. The summed E-state index contributed by atoms with van der Waals surface area (Å²) in [6.45, 7) is 2.77. The Bertz CT molecular complexity index is 1220. The summed E-state index contributed by atoms with van der Waals surface area (Å²) in [4.78, 5) is 17.2.